The van der Waals surface area contributed by atoms with Gasteiger partial charge in [-0.15, -0.1) is 0 Å². The Kier molecular flexibility index (Phi) is 3.78. The molecule has 1 rings (SSSR count). The van der Waals surface area contributed by atoms with Crippen molar-refractivity contribution in [3.05, 3.63) is 35.9 Å². The molecule has 4 nitrogen and oxygen atoms in total. The van der Waals surface area contributed by atoms with Gasteiger partial charge in [-0.25, -0.2) is 4.79 Å². The van der Waals surface area contributed by atoms with Crippen LogP contribution >= 0.6 is 0 Å². The Labute approximate surface area is 76.1 Å². The molecule has 1 aromatic rings. The molecule has 1 amide bonds. The van der Waals surface area contributed by atoms with E-state index in [1.807, 2.05) is 30.3 Å². The van der Waals surface area contributed by atoms with Crippen molar-refractivity contribution in [2.45, 2.75) is 6.61 Å². The molecule has 0 bridgehead atoms. The molecule has 70 valence electrons. The molecule has 0 aliphatic heterocycles. The Hall–Kier alpha value is -1.55. The molecule has 0 atom stereocenters. The second kappa shape index (κ2) is 5.16. The van der Waals surface area contributed by atoms with Gasteiger partial charge in [-0.05, 0) is 5.56 Å². The van der Waals surface area contributed by atoms with Crippen LogP contribution in [0.25, 0.3) is 0 Å². The first kappa shape index (κ1) is 9.54. The summed E-state index contributed by atoms with van der Waals surface area (Å²) in [5.74, 6) is 0. The standard InChI is InChI=1S/C9H11NO3/c11-9(12)10-7-13-6-8-4-2-1-3-5-8/h1-5,10H,6-7H2,(H,11,12). The molecule has 0 heterocycles. The molecule has 0 aliphatic rings. The van der Waals surface area contributed by atoms with Crippen molar-refractivity contribution in [1.82, 2.24) is 5.32 Å². The average molecular weight is 181 g/mol. The maximum absolute atomic E-state index is 10.0. The molecule has 1 aromatic carbocycles. The van der Waals surface area contributed by atoms with E-state index in [9.17, 15) is 4.79 Å². The fourth-order valence-corrected chi connectivity index (χ4v) is 0.856. The number of carbonyl (C=O) groups is 1. The van der Waals surface area contributed by atoms with E-state index < -0.39 is 6.09 Å². The highest BCUT2D eigenvalue weighted by Gasteiger charge is 1.93. The van der Waals surface area contributed by atoms with Crippen molar-refractivity contribution in [1.29, 1.82) is 0 Å². The van der Waals surface area contributed by atoms with Gasteiger partial charge >= 0.3 is 6.09 Å². The molecular formula is C9H11NO3. The minimum Gasteiger partial charge on any atom is -0.465 e. The van der Waals surface area contributed by atoms with Gasteiger partial charge in [0.25, 0.3) is 0 Å². The molecule has 0 saturated heterocycles. The van der Waals surface area contributed by atoms with Crippen molar-refractivity contribution in [2.24, 2.45) is 0 Å². The van der Waals surface area contributed by atoms with Crippen molar-refractivity contribution in [2.75, 3.05) is 6.73 Å². The number of nitrogens with one attached hydrogen (secondary N) is 1. The topological polar surface area (TPSA) is 58.6 Å². The molecule has 4 heteroatoms. The highest BCUT2D eigenvalue weighted by molar-refractivity contribution is 5.64. The van der Waals surface area contributed by atoms with Gasteiger partial charge in [0.15, 0.2) is 0 Å². The third-order valence-electron chi connectivity index (χ3n) is 1.44. The lowest BCUT2D eigenvalue weighted by Crippen LogP contribution is -2.23. The van der Waals surface area contributed by atoms with Crippen molar-refractivity contribution in [3.8, 4) is 0 Å². The molecule has 0 fully saturated rings. The molecule has 0 saturated carbocycles. The maximum Gasteiger partial charge on any atom is 0.406 e. The van der Waals surface area contributed by atoms with Gasteiger partial charge in [-0.3, -0.25) is 5.32 Å². The normalized spacial score (nSPS) is 9.54. The van der Waals surface area contributed by atoms with Gasteiger partial charge in [-0.2, -0.15) is 0 Å². The van der Waals surface area contributed by atoms with E-state index in [0.29, 0.717) is 6.61 Å². The van der Waals surface area contributed by atoms with Crippen LogP contribution in [0, 0.1) is 0 Å². The lowest BCUT2D eigenvalue weighted by atomic mass is 10.2. The lowest BCUT2D eigenvalue weighted by molar-refractivity contribution is 0.0987. The van der Waals surface area contributed by atoms with Gasteiger partial charge in [0.2, 0.25) is 0 Å². The van der Waals surface area contributed by atoms with Crippen LogP contribution in [-0.2, 0) is 11.3 Å². The number of hydrogen-bond donors (Lipinski definition) is 2. The summed E-state index contributed by atoms with van der Waals surface area (Å²) in [7, 11) is 0. The molecular weight excluding hydrogens is 170 g/mol. The zero-order valence-electron chi connectivity index (χ0n) is 7.06. The van der Waals surface area contributed by atoms with E-state index >= 15 is 0 Å². The largest absolute Gasteiger partial charge is 0.465 e. The van der Waals surface area contributed by atoms with Crippen LogP contribution in [0.2, 0.25) is 0 Å². The Bertz CT molecular complexity index is 261. The minimum absolute atomic E-state index is 0.0181. The van der Waals surface area contributed by atoms with Gasteiger partial charge in [0.05, 0.1) is 6.61 Å². The smallest absolute Gasteiger partial charge is 0.406 e. The van der Waals surface area contributed by atoms with Gasteiger partial charge in [0, 0.05) is 0 Å². The van der Waals surface area contributed by atoms with Crippen LogP contribution in [0.3, 0.4) is 0 Å². The summed E-state index contributed by atoms with van der Waals surface area (Å²) in [6.45, 7) is 0.436. The van der Waals surface area contributed by atoms with E-state index in [1.165, 1.54) is 0 Å². The highest BCUT2D eigenvalue weighted by atomic mass is 16.5. The number of ether oxygens (including phenoxy) is 1. The summed E-state index contributed by atoms with van der Waals surface area (Å²) in [6.07, 6.45) is -1.08. The summed E-state index contributed by atoms with van der Waals surface area (Å²) in [6, 6.07) is 9.56. The predicted molar refractivity (Wildman–Crippen MR) is 47.3 cm³/mol. The van der Waals surface area contributed by atoms with Gasteiger partial charge in [0.1, 0.15) is 6.73 Å². The summed E-state index contributed by atoms with van der Waals surface area (Å²) in [4.78, 5) is 10.0. The SMILES string of the molecule is O=C(O)NCOCc1ccccc1. The van der Waals surface area contributed by atoms with Gasteiger partial charge < -0.3 is 9.84 Å². The van der Waals surface area contributed by atoms with E-state index in [2.05, 4.69) is 5.32 Å². The van der Waals surface area contributed by atoms with Crippen LogP contribution in [0.15, 0.2) is 30.3 Å². The molecule has 0 aromatic heterocycles. The van der Waals surface area contributed by atoms with Crippen LogP contribution in [-0.4, -0.2) is 17.9 Å². The van der Waals surface area contributed by atoms with Crippen LogP contribution in [0.4, 0.5) is 4.79 Å². The quantitative estimate of drug-likeness (QED) is 0.545. The maximum atomic E-state index is 10.0. The molecule has 13 heavy (non-hydrogen) atoms. The third kappa shape index (κ3) is 4.12. The zero-order chi connectivity index (χ0) is 9.52. The van der Waals surface area contributed by atoms with Crippen LogP contribution in [0.5, 0.6) is 0 Å². The molecule has 2 N–H and O–H groups in total. The van der Waals surface area contributed by atoms with Crippen LogP contribution < -0.4 is 5.32 Å². The molecule has 0 spiro atoms. The summed E-state index contributed by atoms with van der Waals surface area (Å²) in [5, 5.41) is 10.3. The highest BCUT2D eigenvalue weighted by Crippen LogP contribution is 1.99. The van der Waals surface area contributed by atoms with Crippen molar-refractivity contribution < 1.29 is 14.6 Å². The Morgan fingerprint density at radius 3 is 2.69 bits per heavy atom. The number of hydrogen-bond acceptors (Lipinski definition) is 2. The molecule has 0 unspecified atom stereocenters. The molecule has 0 radical (unpaired) electrons. The summed E-state index contributed by atoms with van der Waals surface area (Å²) >= 11 is 0. The van der Waals surface area contributed by atoms with E-state index in [1.54, 1.807) is 0 Å². The number of amides is 1. The van der Waals surface area contributed by atoms with Crippen LogP contribution in [0.1, 0.15) is 5.56 Å². The summed E-state index contributed by atoms with van der Waals surface area (Å²) < 4.78 is 5.04. The zero-order valence-corrected chi connectivity index (χ0v) is 7.06. The van der Waals surface area contributed by atoms with E-state index in [-0.39, 0.29) is 6.73 Å². The second-order valence-corrected chi connectivity index (χ2v) is 2.46. The number of carboxylic acid groups (broad SMARTS) is 1. The number of rotatable bonds is 4. The second-order valence-electron chi connectivity index (χ2n) is 2.46. The first-order chi connectivity index (χ1) is 6.29. The Balaban J connectivity index is 2.17. The molecule has 0 aliphatic carbocycles. The first-order valence-electron chi connectivity index (χ1n) is 3.87. The predicted octanol–water partition coefficient (Wildman–Crippen LogP) is 1.43. The first-order valence-corrected chi connectivity index (χ1v) is 3.87. The fraction of sp³-hybridized carbons (Fsp3) is 0.222. The summed E-state index contributed by atoms with van der Waals surface area (Å²) in [5.41, 5.74) is 1.02. The average Bonchev–Trinajstić information content (AvgIpc) is 2.14. The monoisotopic (exact) mass is 181 g/mol. The van der Waals surface area contributed by atoms with E-state index in [4.69, 9.17) is 9.84 Å². The lowest BCUT2D eigenvalue weighted by Gasteiger charge is -2.03. The fourth-order valence-electron chi connectivity index (χ4n) is 0.856. The third-order valence-corrected chi connectivity index (χ3v) is 1.44. The van der Waals surface area contributed by atoms with Crippen molar-refractivity contribution in [3.63, 3.8) is 0 Å². The Morgan fingerprint density at radius 2 is 2.08 bits per heavy atom. The number of benzene rings is 1. The van der Waals surface area contributed by atoms with E-state index in [0.717, 1.165) is 5.56 Å². The van der Waals surface area contributed by atoms with Crippen molar-refractivity contribution >= 4 is 6.09 Å². The minimum atomic E-state index is -1.08. The Morgan fingerprint density at radius 1 is 1.38 bits per heavy atom. The van der Waals surface area contributed by atoms with Gasteiger partial charge in [-0.1, -0.05) is 30.3 Å².